The monoisotopic (exact) mass is 433 g/mol. The zero-order chi connectivity index (χ0) is 20.8. The van der Waals surface area contributed by atoms with Gasteiger partial charge >= 0.3 is 0 Å². The van der Waals surface area contributed by atoms with Crippen LogP contribution in [-0.4, -0.2) is 13.4 Å². The van der Waals surface area contributed by atoms with E-state index in [9.17, 15) is 21.6 Å². The van der Waals surface area contributed by atoms with E-state index in [1.165, 1.54) is 36.4 Å². The quantitative estimate of drug-likeness (QED) is 0.383. The van der Waals surface area contributed by atoms with Gasteiger partial charge in [0.1, 0.15) is 17.5 Å². The lowest BCUT2D eigenvalue weighted by molar-refractivity contribution is 0.594. The van der Waals surface area contributed by atoms with Crippen LogP contribution in [0.15, 0.2) is 76.7 Å². The molecule has 0 spiro atoms. The second kappa shape index (κ2) is 7.17. The summed E-state index contributed by atoms with van der Waals surface area (Å²) in [5.41, 5.74) is 0.228. The summed E-state index contributed by atoms with van der Waals surface area (Å²) < 4.78 is 68.7. The van der Waals surface area contributed by atoms with Gasteiger partial charge < -0.3 is 0 Å². The van der Waals surface area contributed by atoms with E-state index in [4.69, 9.17) is 11.6 Å². The molecule has 0 N–H and O–H groups in total. The normalized spacial score (nSPS) is 11.7. The van der Waals surface area contributed by atoms with Crippen molar-refractivity contribution in [2.75, 3.05) is 0 Å². The molecule has 0 fully saturated rings. The minimum absolute atomic E-state index is 0.0303. The summed E-state index contributed by atoms with van der Waals surface area (Å²) >= 11 is 5.74. The van der Waals surface area contributed by atoms with Crippen molar-refractivity contribution in [3.8, 4) is 11.1 Å². The highest BCUT2D eigenvalue weighted by Gasteiger charge is 2.26. The number of hydrogen-bond acceptors (Lipinski definition) is 3. The first-order chi connectivity index (χ1) is 13.8. The minimum atomic E-state index is -4.28. The van der Waals surface area contributed by atoms with Crippen molar-refractivity contribution < 1.29 is 21.6 Å². The third-order valence-electron chi connectivity index (χ3n) is 4.43. The van der Waals surface area contributed by atoms with E-state index >= 15 is 0 Å². The Balaban J connectivity index is 2.11. The zero-order valence-corrected chi connectivity index (χ0v) is 16.1. The van der Waals surface area contributed by atoms with Crippen molar-refractivity contribution in [1.29, 1.82) is 0 Å². The summed E-state index contributed by atoms with van der Waals surface area (Å²) in [7, 11) is -4.28. The van der Waals surface area contributed by atoms with Gasteiger partial charge in [-0.15, -0.1) is 0 Å². The summed E-state index contributed by atoms with van der Waals surface area (Å²) in [6.45, 7) is 0. The third kappa shape index (κ3) is 3.36. The average molecular weight is 434 g/mol. The lowest BCUT2D eigenvalue weighted by Crippen LogP contribution is -2.06. The molecule has 29 heavy (non-hydrogen) atoms. The molecule has 0 aliphatic heterocycles. The molecule has 8 heteroatoms. The van der Waals surface area contributed by atoms with Gasteiger partial charge in [0.15, 0.2) is 0 Å². The molecular weight excluding hydrogens is 423 g/mol. The lowest BCUT2D eigenvalue weighted by Gasteiger charge is -2.14. The first kappa shape index (κ1) is 19.4. The fourth-order valence-electron chi connectivity index (χ4n) is 3.06. The SMILES string of the molecule is O=S(=O)(c1ccc(F)c(Cl)c1)c1cnc2ccc(F)cc2c1-c1ccccc1F. The molecule has 0 aliphatic carbocycles. The molecule has 4 aromatic rings. The Morgan fingerprint density at radius 3 is 2.34 bits per heavy atom. The van der Waals surface area contributed by atoms with Crippen LogP contribution in [0.5, 0.6) is 0 Å². The van der Waals surface area contributed by atoms with Crippen LogP contribution in [0.2, 0.25) is 5.02 Å². The molecule has 146 valence electrons. The maximum atomic E-state index is 14.6. The number of pyridine rings is 1. The number of fused-ring (bicyclic) bond motifs is 1. The van der Waals surface area contributed by atoms with E-state index in [0.717, 1.165) is 30.5 Å². The third-order valence-corrected chi connectivity index (χ3v) is 6.48. The maximum Gasteiger partial charge on any atom is 0.208 e. The Kier molecular flexibility index (Phi) is 4.80. The van der Waals surface area contributed by atoms with Crippen LogP contribution in [0.25, 0.3) is 22.0 Å². The highest BCUT2D eigenvalue weighted by Crippen LogP contribution is 2.38. The summed E-state index contributed by atoms with van der Waals surface area (Å²) in [6, 6.07) is 12.1. The molecule has 0 bridgehead atoms. The molecule has 0 saturated carbocycles. The van der Waals surface area contributed by atoms with Crippen LogP contribution in [0.1, 0.15) is 0 Å². The van der Waals surface area contributed by atoms with Crippen molar-refractivity contribution in [2.24, 2.45) is 0 Å². The van der Waals surface area contributed by atoms with Crippen molar-refractivity contribution in [1.82, 2.24) is 4.98 Å². The Bertz CT molecular complexity index is 1370. The highest BCUT2D eigenvalue weighted by molar-refractivity contribution is 7.91. The number of aromatic nitrogens is 1. The largest absolute Gasteiger partial charge is 0.255 e. The van der Waals surface area contributed by atoms with E-state index in [-0.39, 0.29) is 31.3 Å². The topological polar surface area (TPSA) is 47.0 Å². The number of rotatable bonds is 3. The van der Waals surface area contributed by atoms with Gasteiger partial charge in [-0.05, 0) is 42.5 Å². The van der Waals surface area contributed by atoms with Crippen LogP contribution in [0.4, 0.5) is 13.2 Å². The van der Waals surface area contributed by atoms with E-state index < -0.39 is 27.3 Å². The molecule has 0 amide bonds. The Morgan fingerprint density at radius 2 is 1.62 bits per heavy atom. The molecule has 0 unspecified atom stereocenters. The first-order valence-corrected chi connectivity index (χ1v) is 10.2. The Morgan fingerprint density at radius 1 is 0.862 bits per heavy atom. The molecule has 4 rings (SSSR count). The maximum absolute atomic E-state index is 14.6. The highest BCUT2D eigenvalue weighted by atomic mass is 35.5. The fraction of sp³-hybridized carbons (Fsp3) is 0. The Labute approximate surface area is 169 Å². The molecule has 0 aliphatic rings. The molecule has 3 aromatic carbocycles. The Hall–Kier alpha value is -2.90. The van der Waals surface area contributed by atoms with Crippen molar-refractivity contribution in [3.63, 3.8) is 0 Å². The van der Waals surface area contributed by atoms with Crippen molar-refractivity contribution in [3.05, 3.63) is 89.3 Å². The molecular formula is C21H11ClF3NO2S. The molecule has 3 nitrogen and oxygen atoms in total. The molecule has 1 aromatic heterocycles. The minimum Gasteiger partial charge on any atom is -0.255 e. The number of halogens is 4. The predicted molar refractivity (Wildman–Crippen MR) is 104 cm³/mol. The smallest absolute Gasteiger partial charge is 0.208 e. The van der Waals surface area contributed by atoms with Gasteiger partial charge in [-0.1, -0.05) is 29.8 Å². The molecule has 0 radical (unpaired) electrons. The number of benzene rings is 3. The van der Waals surface area contributed by atoms with Crippen LogP contribution >= 0.6 is 11.6 Å². The van der Waals surface area contributed by atoms with Gasteiger partial charge in [0.2, 0.25) is 9.84 Å². The summed E-state index contributed by atoms with van der Waals surface area (Å²) in [4.78, 5) is 3.46. The molecule has 0 saturated heterocycles. The van der Waals surface area contributed by atoms with Gasteiger partial charge in [-0.2, -0.15) is 0 Å². The van der Waals surface area contributed by atoms with E-state index in [2.05, 4.69) is 4.98 Å². The van der Waals surface area contributed by atoms with Gasteiger partial charge in [0.25, 0.3) is 0 Å². The second-order valence-corrected chi connectivity index (χ2v) is 8.54. The van der Waals surface area contributed by atoms with Gasteiger partial charge in [0.05, 0.1) is 20.3 Å². The predicted octanol–water partition coefficient (Wildman–Crippen LogP) is 5.81. The van der Waals surface area contributed by atoms with Crippen LogP contribution < -0.4 is 0 Å². The van der Waals surface area contributed by atoms with E-state index in [0.29, 0.717) is 5.52 Å². The number of hydrogen-bond donors (Lipinski definition) is 0. The fourth-order valence-corrected chi connectivity index (χ4v) is 4.76. The average Bonchev–Trinajstić information content (AvgIpc) is 2.69. The second-order valence-electron chi connectivity index (χ2n) is 6.22. The van der Waals surface area contributed by atoms with E-state index in [1.807, 2.05) is 0 Å². The van der Waals surface area contributed by atoms with Crippen LogP contribution in [-0.2, 0) is 9.84 Å². The van der Waals surface area contributed by atoms with Gasteiger partial charge in [-0.3, -0.25) is 4.98 Å². The zero-order valence-electron chi connectivity index (χ0n) is 14.5. The summed E-state index contributed by atoms with van der Waals surface area (Å²) in [6.07, 6.45) is 1.08. The summed E-state index contributed by atoms with van der Waals surface area (Å²) in [5, 5.41) is -0.248. The number of sulfone groups is 1. The van der Waals surface area contributed by atoms with Crippen molar-refractivity contribution in [2.45, 2.75) is 9.79 Å². The molecule has 1 heterocycles. The van der Waals surface area contributed by atoms with Gasteiger partial charge in [-0.25, -0.2) is 21.6 Å². The lowest BCUT2D eigenvalue weighted by atomic mass is 10.0. The summed E-state index contributed by atoms with van der Waals surface area (Å²) in [5.74, 6) is -2.09. The number of nitrogens with zero attached hydrogens (tertiary/aromatic N) is 1. The molecule has 0 atom stereocenters. The standard InChI is InChI=1S/C21H11ClF3NO2S/c22-16-10-13(6-7-18(16)25)29(27,28)20-11-26-19-8-5-12(23)9-15(19)21(20)14-3-1-2-4-17(14)24/h1-11H. The van der Waals surface area contributed by atoms with Crippen LogP contribution in [0.3, 0.4) is 0 Å². The van der Waals surface area contributed by atoms with Crippen LogP contribution in [0, 0.1) is 17.5 Å². The van der Waals surface area contributed by atoms with E-state index in [1.54, 1.807) is 0 Å². The first-order valence-electron chi connectivity index (χ1n) is 8.32. The van der Waals surface area contributed by atoms with Gasteiger partial charge in [0, 0.05) is 22.7 Å². The van der Waals surface area contributed by atoms with Crippen molar-refractivity contribution >= 4 is 32.3 Å².